The molecule has 1 heterocycles. The molecule has 0 radical (unpaired) electrons. The Morgan fingerprint density at radius 3 is 2.70 bits per heavy atom. The number of nitrogens with zero attached hydrogens (tertiary/aromatic N) is 1. The Balaban J connectivity index is 2.31. The molecule has 27 heavy (non-hydrogen) atoms. The van der Waals surface area contributed by atoms with Gasteiger partial charge in [0, 0.05) is 10.5 Å². The quantitative estimate of drug-likeness (QED) is 0.386. The summed E-state index contributed by atoms with van der Waals surface area (Å²) in [6, 6.07) is 1.17. The Bertz CT molecular complexity index is 792. The average molecular weight is 379 g/mol. The van der Waals surface area contributed by atoms with E-state index in [9.17, 15) is 24.5 Å². The summed E-state index contributed by atoms with van der Waals surface area (Å²) in [5.74, 6) is -1.10. The summed E-state index contributed by atoms with van der Waals surface area (Å²) in [4.78, 5) is 44.8. The van der Waals surface area contributed by atoms with Crippen molar-refractivity contribution in [3.63, 3.8) is 0 Å². The molecule has 1 aromatic rings. The van der Waals surface area contributed by atoms with Gasteiger partial charge in [-0.25, -0.2) is 9.59 Å². The van der Waals surface area contributed by atoms with E-state index in [2.05, 4.69) is 10.1 Å². The number of amides is 3. The highest BCUT2D eigenvalue weighted by atomic mass is 16.6. The molecular weight excluding hydrogens is 362 g/mol. The lowest BCUT2D eigenvalue weighted by Crippen LogP contribution is -2.62. The van der Waals surface area contributed by atoms with E-state index < -0.39 is 34.9 Å². The number of imide groups is 1. The van der Waals surface area contributed by atoms with Gasteiger partial charge < -0.3 is 19.5 Å². The van der Waals surface area contributed by atoms with Crippen LogP contribution in [0.3, 0.4) is 0 Å². The molecule has 11 nitrogen and oxygen atoms in total. The number of carbonyl (C=O) groups excluding carboxylic acids is 3. The van der Waals surface area contributed by atoms with Gasteiger partial charge in [0.15, 0.2) is 18.1 Å². The fourth-order valence-electron chi connectivity index (χ4n) is 2.37. The Kier molecular flexibility index (Phi) is 6.31. The van der Waals surface area contributed by atoms with Gasteiger partial charge in [-0.1, -0.05) is 24.3 Å². The van der Waals surface area contributed by atoms with Gasteiger partial charge in [0.1, 0.15) is 6.04 Å². The molecule has 0 aromatic heterocycles. The molecule has 2 rings (SSSR count). The normalized spacial score (nSPS) is 19.2. The number of para-hydroxylation sites is 1. The molecule has 1 saturated heterocycles. The molecule has 0 spiro atoms. The fraction of sp³-hybridized carbons (Fsp3) is 0.312. The van der Waals surface area contributed by atoms with E-state index in [0.29, 0.717) is 11.3 Å². The maximum Gasteiger partial charge on any atom is 0.343 e. The Morgan fingerprint density at radius 1 is 1.33 bits per heavy atom. The topological polar surface area (TPSA) is 146 Å². The van der Waals surface area contributed by atoms with Crippen LogP contribution in [0.1, 0.15) is 5.56 Å². The third kappa shape index (κ3) is 4.71. The molecule has 11 heteroatoms. The second-order valence-electron chi connectivity index (χ2n) is 5.32. The van der Waals surface area contributed by atoms with E-state index in [1.807, 2.05) is 5.32 Å². The van der Waals surface area contributed by atoms with Crippen molar-refractivity contribution >= 4 is 24.0 Å². The van der Waals surface area contributed by atoms with Gasteiger partial charge >= 0.3 is 23.9 Å². The van der Waals surface area contributed by atoms with Crippen molar-refractivity contribution in [1.29, 1.82) is 0 Å². The molecule has 1 aliphatic heterocycles. The predicted octanol–water partition coefficient (Wildman–Crippen LogP) is 0.114. The average Bonchev–Trinajstić information content (AvgIpc) is 2.63. The SMILES string of the molecule is COC(=O)COc1c(/C=C/C2NC(=O)NC(=O)C2[N+](=O)[O-])cccc1OC. The predicted molar refractivity (Wildman–Crippen MR) is 90.8 cm³/mol. The number of nitro groups is 1. The van der Waals surface area contributed by atoms with Crippen LogP contribution < -0.4 is 20.1 Å². The first-order valence-corrected chi connectivity index (χ1v) is 7.67. The standard InChI is InChI=1S/C16H17N3O8/c1-25-11-5-3-4-9(14(11)27-8-12(20)26-2)6-7-10-13(19(23)24)15(21)18-16(22)17-10/h3-7,10,13H,8H2,1-2H3,(H2,17,18,21,22)/b7-6+. The van der Waals surface area contributed by atoms with Crippen LogP contribution in [0.5, 0.6) is 11.5 Å². The highest BCUT2D eigenvalue weighted by molar-refractivity contribution is 6.00. The zero-order chi connectivity index (χ0) is 20.0. The lowest BCUT2D eigenvalue weighted by molar-refractivity contribution is -0.510. The molecule has 2 unspecified atom stereocenters. The molecule has 2 N–H and O–H groups in total. The molecule has 3 amide bonds. The third-order valence-electron chi connectivity index (χ3n) is 3.64. The summed E-state index contributed by atoms with van der Waals surface area (Å²) in [6.45, 7) is -0.377. The number of carbonyl (C=O) groups is 3. The minimum atomic E-state index is -1.68. The number of benzene rings is 1. The monoisotopic (exact) mass is 379 g/mol. The Labute approximate surface area is 153 Å². The van der Waals surface area contributed by atoms with Gasteiger partial charge in [0.05, 0.1) is 14.2 Å². The van der Waals surface area contributed by atoms with Crippen LogP contribution in [0.25, 0.3) is 6.08 Å². The van der Waals surface area contributed by atoms with Crippen molar-refractivity contribution in [2.45, 2.75) is 12.1 Å². The molecule has 1 fully saturated rings. The Hall–Kier alpha value is -3.63. The molecule has 1 aromatic carbocycles. The number of ether oxygens (including phenoxy) is 3. The fourth-order valence-corrected chi connectivity index (χ4v) is 2.37. The number of methoxy groups -OCH3 is 2. The van der Waals surface area contributed by atoms with Gasteiger partial charge in [-0.05, 0) is 6.07 Å². The smallest absolute Gasteiger partial charge is 0.343 e. The summed E-state index contributed by atoms with van der Waals surface area (Å²) >= 11 is 0. The van der Waals surface area contributed by atoms with Crippen LogP contribution in [0, 0.1) is 10.1 Å². The van der Waals surface area contributed by atoms with Gasteiger partial charge in [0.2, 0.25) is 0 Å². The van der Waals surface area contributed by atoms with Gasteiger partial charge in [0.25, 0.3) is 0 Å². The third-order valence-corrected chi connectivity index (χ3v) is 3.64. The van der Waals surface area contributed by atoms with Gasteiger partial charge in [-0.2, -0.15) is 0 Å². The van der Waals surface area contributed by atoms with Crippen LogP contribution in [-0.2, 0) is 14.3 Å². The zero-order valence-electron chi connectivity index (χ0n) is 14.5. The number of urea groups is 1. The van der Waals surface area contributed by atoms with Crippen LogP contribution in [0.2, 0.25) is 0 Å². The zero-order valence-corrected chi connectivity index (χ0v) is 14.5. The molecular formula is C16H17N3O8. The van der Waals surface area contributed by atoms with E-state index in [-0.39, 0.29) is 12.4 Å². The molecule has 0 saturated carbocycles. The number of nitrogens with one attached hydrogen (secondary N) is 2. The van der Waals surface area contributed by atoms with E-state index in [1.54, 1.807) is 18.2 Å². The molecule has 0 aliphatic carbocycles. The van der Waals surface area contributed by atoms with Crippen molar-refractivity contribution in [3.05, 3.63) is 40.0 Å². The summed E-state index contributed by atoms with van der Waals surface area (Å²) in [6.07, 6.45) is 2.72. The van der Waals surface area contributed by atoms with Crippen molar-refractivity contribution in [3.8, 4) is 11.5 Å². The van der Waals surface area contributed by atoms with Crippen LogP contribution in [0.15, 0.2) is 24.3 Å². The first-order valence-electron chi connectivity index (χ1n) is 7.67. The summed E-state index contributed by atoms with van der Waals surface area (Å²) in [5, 5.41) is 15.3. The maximum absolute atomic E-state index is 11.7. The van der Waals surface area contributed by atoms with Crippen molar-refractivity contribution in [2.75, 3.05) is 20.8 Å². The lowest BCUT2D eigenvalue weighted by Gasteiger charge is -2.23. The van der Waals surface area contributed by atoms with Crippen LogP contribution in [0.4, 0.5) is 4.79 Å². The lowest BCUT2D eigenvalue weighted by atomic mass is 10.0. The van der Waals surface area contributed by atoms with E-state index in [0.717, 1.165) is 0 Å². The number of hydrogen-bond donors (Lipinski definition) is 2. The highest BCUT2D eigenvalue weighted by Gasteiger charge is 2.43. The summed E-state index contributed by atoms with van der Waals surface area (Å²) in [5.41, 5.74) is 0.417. The molecule has 1 aliphatic rings. The molecule has 2 atom stereocenters. The van der Waals surface area contributed by atoms with Crippen molar-refractivity contribution in [2.24, 2.45) is 0 Å². The minimum Gasteiger partial charge on any atom is -0.493 e. The number of hydrogen-bond acceptors (Lipinski definition) is 8. The van der Waals surface area contributed by atoms with Gasteiger partial charge in [-0.3, -0.25) is 20.2 Å². The van der Waals surface area contributed by atoms with Crippen molar-refractivity contribution < 1.29 is 33.5 Å². The van der Waals surface area contributed by atoms with Gasteiger partial charge in [-0.15, -0.1) is 0 Å². The van der Waals surface area contributed by atoms with Crippen LogP contribution in [-0.4, -0.2) is 55.7 Å². The van der Waals surface area contributed by atoms with E-state index >= 15 is 0 Å². The van der Waals surface area contributed by atoms with Crippen molar-refractivity contribution in [1.82, 2.24) is 10.6 Å². The van der Waals surface area contributed by atoms with E-state index in [4.69, 9.17) is 9.47 Å². The van der Waals surface area contributed by atoms with E-state index in [1.165, 1.54) is 26.4 Å². The highest BCUT2D eigenvalue weighted by Crippen LogP contribution is 2.32. The molecule has 0 bridgehead atoms. The number of rotatable bonds is 7. The maximum atomic E-state index is 11.7. The summed E-state index contributed by atoms with van der Waals surface area (Å²) in [7, 11) is 2.62. The second kappa shape index (κ2) is 8.65. The largest absolute Gasteiger partial charge is 0.493 e. The first kappa shape index (κ1) is 19.7. The number of esters is 1. The molecule has 144 valence electrons. The second-order valence-corrected chi connectivity index (χ2v) is 5.32. The minimum absolute atomic E-state index is 0.200. The first-order chi connectivity index (χ1) is 12.9. The Morgan fingerprint density at radius 2 is 2.07 bits per heavy atom. The summed E-state index contributed by atoms with van der Waals surface area (Å²) < 4.78 is 15.1. The van der Waals surface area contributed by atoms with Crippen LogP contribution >= 0.6 is 0 Å².